The molecule has 0 aliphatic heterocycles. The Morgan fingerprint density at radius 1 is 0.378 bits per heavy atom. The average molecular weight is 1010 g/mol. The summed E-state index contributed by atoms with van der Waals surface area (Å²) in [6.07, 6.45) is 31.9. The minimum Gasteiger partial charge on any atom is -0.427 e. The zero-order chi connectivity index (χ0) is 51.3. The van der Waals surface area contributed by atoms with Gasteiger partial charge in [0.2, 0.25) is 0 Å². The molecule has 0 spiro atoms. The Morgan fingerprint density at radius 3 is 1.04 bits per heavy atom. The van der Waals surface area contributed by atoms with Crippen LogP contribution in [-0.4, -0.2) is 43.1 Å². The van der Waals surface area contributed by atoms with Crippen molar-refractivity contribution >= 4 is 17.7 Å². The summed E-state index contributed by atoms with van der Waals surface area (Å²) < 4.78 is 23.9. The van der Waals surface area contributed by atoms with Crippen LogP contribution in [0.1, 0.15) is 217 Å². The van der Waals surface area contributed by atoms with Gasteiger partial charge in [0.05, 0.1) is 12.2 Å². The molecule has 7 heteroatoms. The lowest BCUT2D eigenvalue weighted by molar-refractivity contribution is -0.135. The molecule has 0 aromatic heterocycles. The number of benzene rings is 4. The number of ketones is 1. The van der Waals surface area contributed by atoms with Gasteiger partial charge in [0.1, 0.15) is 17.3 Å². The predicted molar refractivity (Wildman–Crippen MR) is 300 cm³/mol. The molecule has 74 heavy (non-hydrogen) atoms. The molecule has 4 aromatic rings. The lowest BCUT2D eigenvalue weighted by Gasteiger charge is -2.32. The summed E-state index contributed by atoms with van der Waals surface area (Å²) in [7, 11) is 0. The number of ether oxygens (including phenoxy) is 4. The number of hydrogen-bond acceptors (Lipinski definition) is 7. The van der Waals surface area contributed by atoms with Crippen LogP contribution < -0.4 is 9.47 Å². The van der Waals surface area contributed by atoms with E-state index in [4.69, 9.17) is 18.9 Å². The molecule has 400 valence electrons. The molecule has 4 aliphatic rings. The van der Waals surface area contributed by atoms with Crippen LogP contribution in [0.4, 0.5) is 0 Å². The maximum atomic E-state index is 12.8. The maximum Gasteiger partial charge on any atom is 0.311 e. The van der Waals surface area contributed by atoms with Crippen LogP contribution in [-0.2, 0) is 23.9 Å². The van der Waals surface area contributed by atoms with E-state index in [9.17, 15) is 14.4 Å². The van der Waals surface area contributed by atoms with Crippen molar-refractivity contribution in [2.45, 2.75) is 218 Å². The standard InChI is InChI=1S/C67H90O7/c1-3-9-66(69)73-64-43-35-59(36-44-64)55-27-23-53(24-28-55)57-31-39-62(40-32-57)71-47-51-19-15-49(16-20-51)11-5-7-13-61(68)14-8-6-12-50-17-21-52(22-18-50)48-72-63-41-33-58(34-42-63)54-25-29-56(30-26-54)60-37-45-65(46-38-60)74-67(70)10-4-2/h23-30,35-38,43-46,49-52,57-58,62-63H,3-22,31-34,39-42,47-48H2,1-2H3. The fourth-order valence-corrected chi connectivity index (χ4v) is 12.8. The van der Waals surface area contributed by atoms with E-state index in [2.05, 4.69) is 48.5 Å². The van der Waals surface area contributed by atoms with Crippen molar-refractivity contribution in [3.8, 4) is 33.8 Å². The SMILES string of the molecule is CCCC(=O)Oc1ccc(-c2ccc(C3CCC(OCC4CCC(CCCCC(=O)CCCCC5CCC(COC6CCC(c7ccc(-c8ccc(OC(=O)CCC)cc8)cc7)CC6)CC5)CC4)CC3)cc2)cc1. The van der Waals surface area contributed by atoms with Gasteiger partial charge in [-0.05, 0) is 196 Å². The van der Waals surface area contributed by atoms with E-state index >= 15 is 0 Å². The second-order valence-corrected chi connectivity index (χ2v) is 23.2. The molecule has 4 saturated carbocycles. The van der Waals surface area contributed by atoms with E-state index in [-0.39, 0.29) is 11.9 Å². The molecule has 4 aromatic carbocycles. The average Bonchev–Trinajstić information content (AvgIpc) is 3.44. The summed E-state index contributed by atoms with van der Waals surface area (Å²) in [5, 5.41) is 0. The first-order valence-corrected chi connectivity index (χ1v) is 29.8. The number of rotatable bonds is 26. The van der Waals surface area contributed by atoms with Gasteiger partial charge in [0.25, 0.3) is 0 Å². The van der Waals surface area contributed by atoms with Crippen molar-refractivity contribution in [1.82, 2.24) is 0 Å². The highest BCUT2D eigenvalue weighted by Crippen LogP contribution is 2.39. The molecule has 0 amide bonds. The number of hydrogen-bond donors (Lipinski definition) is 0. The second kappa shape index (κ2) is 29.6. The number of unbranched alkanes of at least 4 members (excludes halogenated alkanes) is 2. The second-order valence-electron chi connectivity index (χ2n) is 23.2. The van der Waals surface area contributed by atoms with Crippen molar-refractivity contribution in [2.24, 2.45) is 23.7 Å². The summed E-state index contributed by atoms with van der Waals surface area (Å²) in [4.78, 5) is 36.4. The highest BCUT2D eigenvalue weighted by Gasteiger charge is 2.28. The Bertz CT molecular complexity index is 2090. The van der Waals surface area contributed by atoms with Gasteiger partial charge in [-0.15, -0.1) is 0 Å². The van der Waals surface area contributed by atoms with Gasteiger partial charge in [0, 0.05) is 38.9 Å². The first kappa shape index (κ1) is 55.6. The minimum absolute atomic E-state index is 0.177. The monoisotopic (exact) mass is 1010 g/mol. The summed E-state index contributed by atoms with van der Waals surface area (Å²) in [5.41, 5.74) is 7.50. The first-order valence-electron chi connectivity index (χ1n) is 29.8. The topological polar surface area (TPSA) is 88.1 Å². The Hall–Kier alpha value is -4.59. The van der Waals surface area contributed by atoms with E-state index in [1.807, 2.05) is 62.4 Å². The molecule has 8 rings (SSSR count). The van der Waals surface area contributed by atoms with E-state index in [1.165, 1.54) is 125 Å². The van der Waals surface area contributed by atoms with Gasteiger partial charge in [0.15, 0.2) is 0 Å². The normalized spacial score (nSPS) is 24.2. The fraction of sp³-hybridized carbons (Fsp3) is 0.597. The fourth-order valence-electron chi connectivity index (χ4n) is 12.8. The van der Waals surface area contributed by atoms with Gasteiger partial charge in [-0.3, -0.25) is 14.4 Å². The van der Waals surface area contributed by atoms with Crippen LogP contribution in [0.15, 0.2) is 97.1 Å². The van der Waals surface area contributed by atoms with Crippen LogP contribution in [0.5, 0.6) is 11.5 Å². The number of Topliss-reactive ketones (excluding diaryl/α,β-unsaturated/α-hetero) is 1. The van der Waals surface area contributed by atoms with Crippen LogP contribution >= 0.6 is 0 Å². The van der Waals surface area contributed by atoms with E-state index in [1.54, 1.807) is 0 Å². The van der Waals surface area contributed by atoms with Gasteiger partial charge in [-0.25, -0.2) is 0 Å². The zero-order valence-corrected chi connectivity index (χ0v) is 45.4. The van der Waals surface area contributed by atoms with Crippen LogP contribution in [0, 0.1) is 23.7 Å². The summed E-state index contributed by atoms with van der Waals surface area (Å²) in [5.74, 6) is 5.65. The van der Waals surface area contributed by atoms with E-state index in [0.29, 0.717) is 66.0 Å². The third-order valence-corrected chi connectivity index (χ3v) is 17.6. The molecule has 0 bridgehead atoms. The summed E-state index contributed by atoms with van der Waals surface area (Å²) in [6.45, 7) is 5.82. The van der Waals surface area contributed by atoms with Gasteiger partial charge in [-0.2, -0.15) is 0 Å². The van der Waals surface area contributed by atoms with Crippen molar-refractivity contribution in [3.05, 3.63) is 108 Å². The van der Waals surface area contributed by atoms with Gasteiger partial charge in [-0.1, -0.05) is 138 Å². The zero-order valence-electron chi connectivity index (χ0n) is 45.4. The molecule has 0 atom stereocenters. The first-order chi connectivity index (χ1) is 36.3. The largest absolute Gasteiger partial charge is 0.427 e. The molecular formula is C67H90O7. The van der Waals surface area contributed by atoms with Gasteiger partial charge >= 0.3 is 11.9 Å². The molecule has 0 N–H and O–H groups in total. The minimum atomic E-state index is -0.177. The Kier molecular flexibility index (Phi) is 22.3. The summed E-state index contributed by atoms with van der Waals surface area (Å²) in [6, 6.07) is 33.8. The van der Waals surface area contributed by atoms with Crippen molar-refractivity contribution in [1.29, 1.82) is 0 Å². The third kappa shape index (κ3) is 17.8. The molecule has 0 saturated heterocycles. The van der Waals surface area contributed by atoms with Crippen LogP contribution in [0.3, 0.4) is 0 Å². The number of carbonyl (C=O) groups is 3. The molecule has 4 aliphatic carbocycles. The Morgan fingerprint density at radius 2 is 0.703 bits per heavy atom. The Balaban J connectivity index is 0.594. The maximum absolute atomic E-state index is 12.8. The smallest absolute Gasteiger partial charge is 0.311 e. The molecular weight excluding hydrogens is 917 g/mol. The molecule has 0 unspecified atom stereocenters. The lowest BCUT2D eigenvalue weighted by atomic mass is 9.79. The predicted octanol–water partition coefficient (Wildman–Crippen LogP) is 17.5. The highest BCUT2D eigenvalue weighted by molar-refractivity contribution is 5.78. The highest BCUT2D eigenvalue weighted by atomic mass is 16.5. The molecule has 7 nitrogen and oxygen atoms in total. The molecule has 0 radical (unpaired) electrons. The lowest BCUT2D eigenvalue weighted by Crippen LogP contribution is -2.25. The van der Waals surface area contributed by atoms with Crippen molar-refractivity contribution < 1.29 is 33.3 Å². The van der Waals surface area contributed by atoms with Crippen LogP contribution in [0.25, 0.3) is 22.3 Å². The molecule has 4 fully saturated rings. The number of esters is 2. The van der Waals surface area contributed by atoms with Crippen molar-refractivity contribution in [3.63, 3.8) is 0 Å². The van der Waals surface area contributed by atoms with E-state index < -0.39 is 0 Å². The molecule has 0 heterocycles. The van der Waals surface area contributed by atoms with Crippen LogP contribution in [0.2, 0.25) is 0 Å². The van der Waals surface area contributed by atoms with Gasteiger partial charge < -0.3 is 18.9 Å². The number of carbonyl (C=O) groups excluding carboxylic acids is 3. The Labute approximate surface area is 445 Å². The summed E-state index contributed by atoms with van der Waals surface area (Å²) >= 11 is 0. The third-order valence-electron chi connectivity index (χ3n) is 17.6. The quantitative estimate of drug-likeness (QED) is 0.0352. The van der Waals surface area contributed by atoms with E-state index in [0.717, 1.165) is 100 Å². The van der Waals surface area contributed by atoms with Crippen molar-refractivity contribution in [2.75, 3.05) is 13.2 Å².